The van der Waals surface area contributed by atoms with Crippen LogP contribution in [0.15, 0.2) is 34.9 Å². The van der Waals surface area contributed by atoms with Crippen molar-refractivity contribution in [1.29, 1.82) is 0 Å². The molecule has 2 rings (SSSR count). The first kappa shape index (κ1) is 13.6. The molecule has 0 radical (unpaired) electrons. The van der Waals surface area contributed by atoms with Crippen LogP contribution in [-0.4, -0.2) is 7.05 Å². The third-order valence-corrected chi connectivity index (χ3v) is 3.28. The molecular weight excluding hydrogens is 243 g/mol. The smallest absolute Gasteiger partial charge is 0.146 e. The summed E-state index contributed by atoms with van der Waals surface area (Å²) < 4.78 is 19.3. The van der Waals surface area contributed by atoms with Gasteiger partial charge in [-0.2, -0.15) is 0 Å². The fraction of sp³-hybridized carbons (Fsp3) is 0.333. The Kier molecular flexibility index (Phi) is 3.90. The summed E-state index contributed by atoms with van der Waals surface area (Å²) in [6.07, 6.45) is 1.65. The average Bonchev–Trinajstić information content (AvgIpc) is 2.74. The normalized spacial score (nSPS) is 12.5. The van der Waals surface area contributed by atoms with E-state index in [2.05, 4.69) is 0 Å². The van der Waals surface area contributed by atoms with Crippen molar-refractivity contribution in [3.8, 4) is 0 Å². The number of nitrogens with zero attached hydrogens (tertiary/aromatic N) is 1. The topological polar surface area (TPSA) is 42.4 Å². The molecular formula is C15H19FN2O. The van der Waals surface area contributed by atoms with Crippen LogP contribution in [0.5, 0.6) is 0 Å². The van der Waals surface area contributed by atoms with Gasteiger partial charge in [-0.1, -0.05) is 6.07 Å². The summed E-state index contributed by atoms with van der Waals surface area (Å²) >= 11 is 0. The number of hydrogen-bond donors (Lipinski definition) is 1. The van der Waals surface area contributed by atoms with Crippen molar-refractivity contribution in [2.75, 3.05) is 11.9 Å². The van der Waals surface area contributed by atoms with Gasteiger partial charge in [0.1, 0.15) is 11.6 Å². The van der Waals surface area contributed by atoms with Crippen molar-refractivity contribution in [1.82, 2.24) is 0 Å². The molecule has 0 amide bonds. The van der Waals surface area contributed by atoms with Crippen LogP contribution in [0.25, 0.3) is 0 Å². The summed E-state index contributed by atoms with van der Waals surface area (Å²) in [5.74, 6) is 0.609. The Hall–Kier alpha value is -1.81. The van der Waals surface area contributed by atoms with E-state index in [9.17, 15) is 4.39 Å². The van der Waals surface area contributed by atoms with E-state index < -0.39 is 0 Å². The van der Waals surface area contributed by atoms with Crippen molar-refractivity contribution in [2.45, 2.75) is 26.4 Å². The number of halogens is 1. The Morgan fingerprint density at radius 3 is 2.63 bits per heavy atom. The summed E-state index contributed by atoms with van der Waals surface area (Å²) in [4.78, 5) is 1.86. The number of furan rings is 1. The third kappa shape index (κ3) is 2.96. The lowest BCUT2D eigenvalue weighted by atomic mass is 10.1. The number of anilines is 1. The predicted molar refractivity (Wildman–Crippen MR) is 74.6 cm³/mol. The first-order valence-electron chi connectivity index (χ1n) is 6.28. The highest BCUT2D eigenvalue weighted by molar-refractivity contribution is 5.49. The average molecular weight is 262 g/mol. The summed E-state index contributed by atoms with van der Waals surface area (Å²) in [7, 11) is 1.86. The molecule has 2 N–H and O–H groups in total. The molecule has 19 heavy (non-hydrogen) atoms. The Morgan fingerprint density at radius 1 is 1.37 bits per heavy atom. The molecule has 0 spiro atoms. The minimum Gasteiger partial charge on any atom is -0.469 e. The summed E-state index contributed by atoms with van der Waals surface area (Å²) in [6, 6.07) is 6.87. The highest BCUT2D eigenvalue weighted by Crippen LogP contribution is 2.24. The molecule has 1 heterocycles. The molecule has 1 aromatic heterocycles. The van der Waals surface area contributed by atoms with Gasteiger partial charge in [-0.05, 0) is 37.6 Å². The molecule has 0 fully saturated rings. The molecule has 0 aliphatic carbocycles. The van der Waals surface area contributed by atoms with Gasteiger partial charge in [0.15, 0.2) is 0 Å². The van der Waals surface area contributed by atoms with Gasteiger partial charge in [0.25, 0.3) is 0 Å². The maximum Gasteiger partial charge on any atom is 0.146 e. The number of aryl methyl sites for hydroxylation is 1. The summed E-state index contributed by atoms with van der Waals surface area (Å²) in [5, 5.41) is 0. The predicted octanol–water partition coefficient (Wildman–Crippen LogP) is 3.38. The Bertz CT molecular complexity index is 563. The van der Waals surface area contributed by atoms with Crippen LogP contribution < -0.4 is 10.6 Å². The quantitative estimate of drug-likeness (QED) is 0.918. The molecule has 0 unspecified atom stereocenters. The van der Waals surface area contributed by atoms with E-state index in [4.69, 9.17) is 10.2 Å². The van der Waals surface area contributed by atoms with Crippen molar-refractivity contribution in [3.05, 3.63) is 53.2 Å². The van der Waals surface area contributed by atoms with Gasteiger partial charge in [-0.15, -0.1) is 0 Å². The molecule has 1 aromatic carbocycles. The van der Waals surface area contributed by atoms with E-state index in [-0.39, 0.29) is 11.9 Å². The lowest BCUT2D eigenvalue weighted by Gasteiger charge is -2.20. The Morgan fingerprint density at radius 2 is 2.11 bits per heavy atom. The Labute approximate surface area is 112 Å². The Balaban J connectivity index is 2.20. The lowest BCUT2D eigenvalue weighted by Crippen LogP contribution is -2.18. The molecule has 2 aromatic rings. The molecule has 0 aliphatic rings. The van der Waals surface area contributed by atoms with Crippen LogP contribution in [0.4, 0.5) is 10.1 Å². The van der Waals surface area contributed by atoms with Gasteiger partial charge in [-0.25, -0.2) is 4.39 Å². The number of benzene rings is 1. The van der Waals surface area contributed by atoms with Crippen LogP contribution in [-0.2, 0) is 6.54 Å². The fourth-order valence-corrected chi connectivity index (χ4v) is 2.03. The lowest BCUT2D eigenvalue weighted by molar-refractivity contribution is 0.529. The van der Waals surface area contributed by atoms with E-state index >= 15 is 0 Å². The fourth-order valence-electron chi connectivity index (χ4n) is 2.03. The summed E-state index contributed by atoms with van der Waals surface area (Å²) in [5.41, 5.74) is 8.16. The molecule has 0 saturated heterocycles. The second kappa shape index (κ2) is 5.45. The molecule has 102 valence electrons. The van der Waals surface area contributed by atoms with Crippen LogP contribution in [0, 0.1) is 12.7 Å². The minimum atomic E-state index is -0.251. The van der Waals surface area contributed by atoms with Gasteiger partial charge in [-0.3, -0.25) is 0 Å². The highest BCUT2D eigenvalue weighted by atomic mass is 19.1. The summed E-state index contributed by atoms with van der Waals surface area (Å²) in [6.45, 7) is 4.35. The molecule has 0 saturated carbocycles. The van der Waals surface area contributed by atoms with Crippen LogP contribution in [0.3, 0.4) is 0 Å². The van der Waals surface area contributed by atoms with Gasteiger partial charge >= 0.3 is 0 Å². The van der Waals surface area contributed by atoms with E-state index in [1.54, 1.807) is 12.3 Å². The molecule has 0 aliphatic heterocycles. The molecule has 3 nitrogen and oxygen atoms in total. The second-order valence-corrected chi connectivity index (χ2v) is 4.86. The van der Waals surface area contributed by atoms with Gasteiger partial charge in [0.05, 0.1) is 12.0 Å². The number of rotatable bonds is 4. The van der Waals surface area contributed by atoms with E-state index in [0.717, 1.165) is 16.9 Å². The standard InChI is InChI=1S/C15H19FN2O/c1-10(17)12-4-5-15(14(16)8-12)18(3)9-13-6-7-19-11(13)2/h4-8,10H,9,17H2,1-3H3/t10-/m1/s1. The van der Waals surface area contributed by atoms with Crippen LogP contribution in [0.2, 0.25) is 0 Å². The second-order valence-electron chi connectivity index (χ2n) is 4.86. The molecule has 1 atom stereocenters. The van der Waals surface area contributed by atoms with Gasteiger partial charge < -0.3 is 15.1 Å². The zero-order chi connectivity index (χ0) is 14.0. The number of nitrogens with two attached hydrogens (primary N) is 1. The number of hydrogen-bond acceptors (Lipinski definition) is 3. The van der Waals surface area contributed by atoms with Crippen LogP contribution in [0.1, 0.15) is 29.9 Å². The zero-order valence-electron chi connectivity index (χ0n) is 11.5. The zero-order valence-corrected chi connectivity index (χ0v) is 11.5. The first-order chi connectivity index (χ1) is 8.99. The minimum absolute atomic E-state index is 0.162. The maximum absolute atomic E-state index is 14.1. The van der Waals surface area contributed by atoms with Crippen molar-refractivity contribution >= 4 is 5.69 Å². The first-order valence-corrected chi connectivity index (χ1v) is 6.28. The maximum atomic E-state index is 14.1. The van der Waals surface area contributed by atoms with E-state index in [0.29, 0.717) is 12.2 Å². The van der Waals surface area contributed by atoms with Crippen LogP contribution >= 0.6 is 0 Å². The highest BCUT2D eigenvalue weighted by Gasteiger charge is 2.12. The molecule has 0 bridgehead atoms. The van der Waals surface area contributed by atoms with E-state index in [1.165, 1.54) is 6.07 Å². The monoisotopic (exact) mass is 262 g/mol. The third-order valence-electron chi connectivity index (χ3n) is 3.28. The van der Waals surface area contributed by atoms with Crippen molar-refractivity contribution in [3.63, 3.8) is 0 Å². The van der Waals surface area contributed by atoms with Crippen molar-refractivity contribution in [2.24, 2.45) is 5.73 Å². The largest absolute Gasteiger partial charge is 0.469 e. The van der Waals surface area contributed by atoms with Crippen molar-refractivity contribution < 1.29 is 8.81 Å². The van der Waals surface area contributed by atoms with Gasteiger partial charge in [0.2, 0.25) is 0 Å². The van der Waals surface area contributed by atoms with Gasteiger partial charge in [0, 0.05) is 25.2 Å². The SMILES string of the molecule is Cc1occc1CN(C)c1ccc([C@@H](C)N)cc1F. The van der Waals surface area contributed by atoms with E-state index in [1.807, 2.05) is 37.9 Å². The molecule has 4 heteroatoms.